The Morgan fingerprint density at radius 3 is 2.40 bits per heavy atom. The quantitative estimate of drug-likeness (QED) is 0.267. The molecule has 4 aromatic rings. The molecule has 1 N–H and O–H groups in total. The van der Waals surface area contributed by atoms with Crippen LogP contribution in [0.25, 0.3) is 22.2 Å². The molecule has 0 radical (unpaired) electrons. The average Bonchev–Trinajstić information content (AvgIpc) is 3.12. The number of hydrogen-bond donors (Lipinski definition) is 1. The number of halogens is 3. The van der Waals surface area contributed by atoms with E-state index in [2.05, 4.69) is 4.98 Å². The van der Waals surface area contributed by atoms with Crippen LogP contribution < -0.4 is 0 Å². The van der Waals surface area contributed by atoms with Crippen LogP contribution in [-0.2, 0) is 0 Å². The second kappa shape index (κ2) is 8.29. The molecular formula is C24H17F3N2S. The summed E-state index contributed by atoms with van der Waals surface area (Å²) in [7, 11) is 0. The van der Waals surface area contributed by atoms with Gasteiger partial charge in [-0.15, -0.1) is 0 Å². The molecule has 0 bridgehead atoms. The molecule has 0 aliphatic heterocycles. The lowest BCUT2D eigenvalue weighted by atomic mass is 9.85. The zero-order chi connectivity index (χ0) is 21.1. The number of aromatic nitrogens is 1. The molecule has 1 atom stereocenters. The van der Waals surface area contributed by atoms with Gasteiger partial charge in [-0.2, -0.15) is 18.4 Å². The third-order valence-corrected chi connectivity index (χ3v) is 5.60. The first-order chi connectivity index (χ1) is 14.5. The Balaban J connectivity index is 1.97. The zero-order valence-electron chi connectivity index (χ0n) is 15.8. The molecule has 4 rings (SSSR count). The van der Waals surface area contributed by atoms with E-state index in [1.807, 2.05) is 60.0 Å². The maximum absolute atomic E-state index is 13.7. The molecule has 0 saturated heterocycles. The molecule has 150 valence electrons. The Bertz CT molecular complexity index is 1210. The average molecular weight is 422 g/mol. The van der Waals surface area contributed by atoms with Crippen molar-refractivity contribution in [3.05, 3.63) is 90.0 Å². The first-order valence-electron chi connectivity index (χ1n) is 9.35. The summed E-state index contributed by atoms with van der Waals surface area (Å²) in [6.07, 6.45) is -5.34. The van der Waals surface area contributed by atoms with Gasteiger partial charge in [0.2, 0.25) is 0 Å². The molecule has 0 aliphatic carbocycles. The Kier molecular flexibility index (Phi) is 5.56. The summed E-state index contributed by atoms with van der Waals surface area (Å²) in [6.45, 7) is 0. The van der Waals surface area contributed by atoms with E-state index in [1.54, 1.807) is 24.3 Å². The Labute approximate surface area is 176 Å². The minimum atomic E-state index is -4.35. The van der Waals surface area contributed by atoms with Gasteiger partial charge in [-0.1, -0.05) is 60.7 Å². The highest BCUT2D eigenvalue weighted by Gasteiger charge is 2.36. The normalized spacial score (nSPS) is 12.6. The molecule has 1 unspecified atom stereocenters. The number of thioether (sulfide) groups is 1. The fourth-order valence-electron chi connectivity index (χ4n) is 3.82. The first kappa shape index (κ1) is 20.1. The highest BCUT2D eigenvalue weighted by Crippen LogP contribution is 2.44. The number of thiocyanates is 1. The minimum Gasteiger partial charge on any atom is -0.354 e. The number of aromatic amines is 1. The van der Waals surface area contributed by atoms with Crippen molar-refractivity contribution in [3.63, 3.8) is 0 Å². The van der Waals surface area contributed by atoms with Crippen molar-refractivity contribution in [1.82, 2.24) is 4.98 Å². The maximum Gasteiger partial charge on any atom is 0.390 e. The molecular weight excluding hydrogens is 405 g/mol. The predicted octanol–water partition coefficient (Wildman–Crippen LogP) is 7.49. The number of nitriles is 1. The van der Waals surface area contributed by atoms with Crippen LogP contribution >= 0.6 is 11.8 Å². The number of fused-ring (bicyclic) bond motifs is 1. The molecule has 1 aromatic heterocycles. The molecule has 0 spiro atoms. The summed E-state index contributed by atoms with van der Waals surface area (Å²) >= 11 is 0.943. The predicted molar refractivity (Wildman–Crippen MR) is 114 cm³/mol. The number of alkyl halides is 3. The van der Waals surface area contributed by atoms with Gasteiger partial charge in [0.1, 0.15) is 5.40 Å². The van der Waals surface area contributed by atoms with Crippen LogP contribution in [0.3, 0.4) is 0 Å². The van der Waals surface area contributed by atoms with Gasteiger partial charge in [0.15, 0.2) is 0 Å². The van der Waals surface area contributed by atoms with E-state index in [1.165, 1.54) is 0 Å². The number of hydrogen-bond acceptors (Lipinski definition) is 2. The molecule has 3 aromatic carbocycles. The molecule has 6 heteroatoms. The van der Waals surface area contributed by atoms with Crippen molar-refractivity contribution >= 4 is 22.7 Å². The van der Waals surface area contributed by atoms with E-state index >= 15 is 0 Å². The number of H-pyrrole nitrogens is 1. The zero-order valence-corrected chi connectivity index (χ0v) is 16.6. The van der Waals surface area contributed by atoms with Crippen molar-refractivity contribution in [2.24, 2.45) is 0 Å². The number of nitrogens with one attached hydrogen (secondary N) is 1. The summed E-state index contributed by atoms with van der Waals surface area (Å²) in [5, 5.41) is 11.7. The second-order valence-corrected chi connectivity index (χ2v) is 7.82. The van der Waals surface area contributed by atoms with E-state index in [9.17, 15) is 13.2 Å². The van der Waals surface area contributed by atoms with Crippen molar-refractivity contribution < 1.29 is 13.2 Å². The summed E-state index contributed by atoms with van der Waals surface area (Å²) < 4.78 is 41.1. The van der Waals surface area contributed by atoms with Crippen LogP contribution in [0.1, 0.15) is 23.5 Å². The lowest BCUT2D eigenvalue weighted by molar-refractivity contribution is -0.136. The lowest BCUT2D eigenvalue weighted by Crippen LogP contribution is -2.15. The third-order valence-electron chi connectivity index (χ3n) is 5.02. The van der Waals surface area contributed by atoms with E-state index in [4.69, 9.17) is 5.26 Å². The highest BCUT2D eigenvalue weighted by atomic mass is 32.2. The minimum absolute atomic E-state index is 0.537. The number of benzene rings is 3. The van der Waals surface area contributed by atoms with Gasteiger partial charge in [-0.3, -0.25) is 0 Å². The third kappa shape index (κ3) is 4.22. The molecule has 0 saturated carbocycles. The fraction of sp³-hybridized carbons (Fsp3) is 0.125. The van der Waals surface area contributed by atoms with Crippen molar-refractivity contribution in [2.45, 2.75) is 23.4 Å². The SMILES string of the molecule is N#CSc1cccc(C(CC(F)(F)F)c2c(-c3ccccc3)[nH]c3ccccc23)c1. The standard InChI is InChI=1S/C24H17F3N2S/c25-24(26,27)14-20(17-9-6-10-18(13-17)30-15-28)22-19-11-4-5-12-21(19)29-23(22)16-7-2-1-3-8-16/h1-13,20,29H,14H2. The van der Waals surface area contributed by atoms with E-state index in [0.717, 1.165) is 28.2 Å². The number of nitrogens with zero attached hydrogens (tertiary/aromatic N) is 1. The van der Waals surface area contributed by atoms with Gasteiger partial charge in [0.05, 0.1) is 12.1 Å². The van der Waals surface area contributed by atoms with Crippen LogP contribution in [-0.4, -0.2) is 11.2 Å². The first-order valence-corrected chi connectivity index (χ1v) is 10.2. The molecule has 0 fully saturated rings. The Morgan fingerprint density at radius 1 is 0.933 bits per heavy atom. The largest absolute Gasteiger partial charge is 0.390 e. The van der Waals surface area contributed by atoms with Crippen molar-refractivity contribution in [2.75, 3.05) is 0 Å². The fourth-order valence-corrected chi connectivity index (χ4v) is 4.27. The van der Waals surface area contributed by atoms with Gasteiger partial charge in [-0.05, 0) is 46.7 Å². The highest BCUT2D eigenvalue weighted by molar-refractivity contribution is 8.03. The van der Waals surface area contributed by atoms with Gasteiger partial charge in [0.25, 0.3) is 0 Å². The maximum atomic E-state index is 13.7. The topological polar surface area (TPSA) is 39.6 Å². The van der Waals surface area contributed by atoms with Crippen LogP contribution in [0.2, 0.25) is 0 Å². The van der Waals surface area contributed by atoms with E-state index in [-0.39, 0.29) is 0 Å². The molecule has 0 amide bonds. The molecule has 2 nitrogen and oxygen atoms in total. The van der Waals surface area contributed by atoms with Crippen molar-refractivity contribution in [3.8, 4) is 16.7 Å². The van der Waals surface area contributed by atoms with Crippen molar-refractivity contribution in [1.29, 1.82) is 5.26 Å². The summed E-state index contributed by atoms with van der Waals surface area (Å²) in [4.78, 5) is 3.96. The Morgan fingerprint density at radius 2 is 1.67 bits per heavy atom. The summed E-state index contributed by atoms with van der Waals surface area (Å²) in [6, 6.07) is 23.6. The molecule has 1 heterocycles. The molecule has 30 heavy (non-hydrogen) atoms. The number of para-hydroxylation sites is 1. The Hall–Kier alpha value is -3.17. The summed E-state index contributed by atoms with van der Waals surface area (Å²) in [5.41, 5.74) is 3.46. The van der Waals surface area contributed by atoms with Gasteiger partial charge in [-0.25, -0.2) is 0 Å². The second-order valence-electron chi connectivity index (χ2n) is 6.96. The van der Waals surface area contributed by atoms with Gasteiger partial charge >= 0.3 is 6.18 Å². The lowest BCUT2D eigenvalue weighted by Gasteiger charge is -2.21. The van der Waals surface area contributed by atoms with Crippen LogP contribution in [0.5, 0.6) is 0 Å². The molecule has 0 aliphatic rings. The monoisotopic (exact) mass is 422 g/mol. The van der Waals surface area contributed by atoms with E-state index < -0.39 is 18.5 Å². The van der Waals surface area contributed by atoms with Crippen LogP contribution in [0.4, 0.5) is 13.2 Å². The summed E-state index contributed by atoms with van der Waals surface area (Å²) in [5.74, 6) is -0.907. The smallest absolute Gasteiger partial charge is 0.354 e. The van der Waals surface area contributed by atoms with E-state index in [0.29, 0.717) is 21.7 Å². The number of rotatable bonds is 5. The van der Waals surface area contributed by atoms with Crippen LogP contribution in [0, 0.1) is 10.7 Å². The van der Waals surface area contributed by atoms with Gasteiger partial charge < -0.3 is 4.98 Å². The van der Waals surface area contributed by atoms with Gasteiger partial charge in [0, 0.05) is 21.7 Å². The van der Waals surface area contributed by atoms with Crippen LogP contribution in [0.15, 0.2) is 83.8 Å².